The molecule has 0 saturated carbocycles. The summed E-state index contributed by atoms with van der Waals surface area (Å²) in [5.41, 5.74) is 1.88. The Morgan fingerprint density at radius 2 is 2.10 bits per heavy atom. The van der Waals surface area contributed by atoms with E-state index in [1.165, 1.54) is 7.11 Å². The zero-order valence-corrected chi connectivity index (χ0v) is 12.5. The SMILES string of the molecule is COC(=O)C1C(=O)NC(S)=C(C#N)C1c1ccccc1C. The summed E-state index contributed by atoms with van der Waals surface area (Å²) < 4.78 is 4.72. The van der Waals surface area contributed by atoms with Crippen LogP contribution in [-0.4, -0.2) is 19.0 Å². The fourth-order valence-corrected chi connectivity index (χ4v) is 2.79. The number of nitrogens with one attached hydrogen (secondary N) is 1. The number of aryl methyl sites for hydroxylation is 1. The van der Waals surface area contributed by atoms with Gasteiger partial charge in [-0.2, -0.15) is 5.26 Å². The lowest BCUT2D eigenvalue weighted by Gasteiger charge is -2.30. The predicted molar refractivity (Wildman–Crippen MR) is 79.2 cm³/mol. The van der Waals surface area contributed by atoms with E-state index in [0.29, 0.717) is 0 Å². The van der Waals surface area contributed by atoms with Crippen LogP contribution in [0.3, 0.4) is 0 Å². The highest BCUT2D eigenvalue weighted by Crippen LogP contribution is 2.39. The van der Waals surface area contributed by atoms with Gasteiger partial charge in [-0.05, 0) is 18.1 Å². The summed E-state index contributed by atoms with van der Waals surface area (Å²) in [6.07, 6.45) is 0. The van der Waals surface area contributed by atoms with Crippen molar-refractivity contribution >= 4 is 24.5 Å². The van der Waals surface area contributed by atoms with Gasteiger partial charge in [0.1, 0.15) is 5.92 Å². The number of nitrogens with zero attached hydrogens (tertiary/aromatic N) is 1. The number of amides is 1. The van der Waals surface area contributed by atoms with Crippen LogP contribution < -0.4 is 5.32 Å². The van der Waals surface area contributed by atoms with Gasteiger partial charge in [-0.15, -0.1) is 12.6 Å². The molecule has 1 aromatic carbocycles. The summed E-state index contributed by atoms with van der Waals surface area (Å²) in [6, 6.07) is 9.36. The second-order valence-electron chi connectivity index (χ2n) is 4.70. The van der Waals surface area contributed by atoms with Gasteiger partial charge >= 0.3 is 5.97 Å². The Morgan fingerprint density at radius 3 is 2.67 bits per heavy atom. The number of carbonyl (C=O) groups excluding carboxylic acids is 2. The van der Waals surface area contributed by atoms with E-state index < -0.39 is 23.7 Å². The third kappa shape index (κ3) is 2.65. The molecule has 1 aromatic rings. The molecular formula is C15H14N2O3S. The minimum atomic E-state index is -1.10. The smallest absolute Gasteiger partial charge is 0.319 e. The van der Waals surface area contributed by atoms with Gasteiger partial charge in [-0.1, -0.05) is 24.3 Å². The highest BCUT2D eigenvalue weighted by atomic mass is 32.1. The van der Waals surface area contributed by atoms with Gasteiger partial charge in [0.2, 0.25) is 5.91 Å². The zero-order chi connectivity index (χ0) is 15.6. The molecule has 0 aliphatic carbocycles. The molecule has 1 N–H and O–H groups in total. The Morgan fingerprint density at radius 1 is 1.43 bits per heavy atom. The van der Waals surface area contributed by atoms with Crippen LogP contribution >= 0.6 is 12.6 Å². The number of methoxy groups -OCH3 is 1. The minimum Gasteiger partial charge on any atom is -0.468 e. The Balaban J connectivity index is 2.66. The molecule has 21 heavy (non-hydrogen) atoms. The minimum absolute atomic E-state index is 0.177. The third-order valence-electron chi connectivity index (χ3n) is 3.52. The molecule has 2 unspecified atom stereocenters. The predicted octanol–water partition coefficient (Wildman–Crippen LogP) is 1.66. The molecule has 0 bridgehead atoms. The van der Waals surface area contributed by atoms with Crippen LogP contribution in [0.2, 0.25) is 0 Å². The topological polar surface area (TPSA) is 79.2 Å². The van der Waals surface area contributed by atoms with Crippen molar-refractivity contribution in [3.8, 4) is 6.07 Å². The molecule has 1 aliphatic heterocycles. The Bertz CT molecular complexity index is 676. The number of rotatable bonds is 2. The standard InChI is InChI=1S/C15H14N2O3S/c1-8-5-3-4-6-9(8)11-10(7-16)14(21)17-13(18)12(11)15(19)20-2/h3-6,11-12,21H,1-2H3,(H,17,18). The van der Waals surface area contributed by atoms with Gasteiger partial charge in [0.05, 0.1) is 23.8 Å². The van der Waals surface area contributed by atoms with E-state index in [1.54, 1.807) is 12.1 Å². The van der Waals surface area contributed by atoms with Crippen molar-refractivity contribution in [3.63, 3.8) is 0 Å². The van der Waals surface area contributed by atoms with Crippen molar-refractivity contribution in [1.82, 2.24) is 5.32 Å². The number of carbonyl (C=O) groups is 2. The maximum atomic E-state index is 12.2. The second-order valence-corrected chi connectivity index (χ2v) is 5.15. The number of allylic oxidation sites excluding steroid dienone is 1. The fourth-order valence-electron chi connectivity index (χ4n) is 2.49. The van der Waals surface area contributed by atoms with Crippen LogP contribution in [0, 0.1) is 24.2 Å². The zero-order valence-electron chi connectivity index (χ0n) is 11.6. The molecule has 2 atom stereocenters. The fraction of sp³-hybridized carbons (Fsp3) is 0.267. The number of esters is 1. The molecule has 1 aliphatic rings. The Kier molecular flexibility index (Phi) is 4.34. The molecule has 108 valence electrons. The molecule has 0 aromatic heterocycles. The summed E-state index contributed by atoms with van der Waals surface area (Å²) in [7, 11) is 1.22. The van der Waals surface area contributed by atoms with Crippen molar-refractivity contribution in [2.45, 2.75) is 12.8 Å². The molecule has 0 fully saturated rings. The second kappa shape index (κ2) is 6.02. The van der Waals surface area contributed by atoms with Crippen molar-refractivity contribution < 1.29 is 14.3 Å². The van der Waals surface area contributed by atoms with Crippen molar-refractivity contribution in [1.29, 1.82) is 5.26 Å². The third-order valence-corrected chi connectivity index (χ3v) is 3.88. The monoisotopic (exact) mass is 302 g/mol. The summed E-state index contributed by atoms with van der Waals surface area (Å²) in [5, 5.41) is 12.0. The Labute approximate surface area is 128 Å². The molecule has 1 heterocycles. The van der Waals surface area contributed by atoms with E-state index in [9.17, 15) is 14.9 Å². The van der Waals surface area contributed by atoms with Crippen LogP contribution in [0.4, 0.5) is 0 Å². The average molecular weight is 302 g/mol. The van der Waals surface area contributed by atoms with Gasteiger partial charge in [0.15, 0.2) is 0 Å². The van der Waals surface area contributed by atoms with E-state index in [-0.39, 0.29) is 10.6 Å². The molecule has 5 nitrogen and oxygen atoms in total. The summed E-state index contributed by atoms with van der Waals surface area (Å²) >= 11 is 4.15. The number of hydrogen-bond donors (Lipinski definition) is 2. The van der Waals surface area contributed by atoms with Gasteiger partial charge in [0.25, 0.3) is 0 Å². The van der Waals surface area contributed by atoms with Gasteiger partial charge in [-0.25, -0.2) is 0 Å². The number of benzene rings is 1. The summed E-state index contributed by atoms with van der Waals surface area (Å²) in [4.78, 5) is 24.2. The Hall–Kier alpha value is -2.26. The molecule has 0 saturated heterocycles. The maximum Gasteiger partial charge on any atom is 0.319 e. The molecular weight excluding hydrogens is 288 g/mol. The molecule has 6 heteroatoms. The van der Waals surface area contributed by atoms with E-state index in [1.807, 2.05) is 25.1 Å². The van der Waals surface area contributed by atoms with Gasteiger partial charge < -0.3 is 10.1 Å². The van der Waals surface area contributed by atoms with Gasteiger partial charge in [0, 0.05) is 5.92 Å². The van der Waals surface area contributed by atoms with Crippen LogP contribution in [0.1, 0.15) is 17.0 Å². The highest BCUT2D eigenvalue weighted by molar-refractivity contribution is 7.84. The quantitative estimate of drug-likeness (QED) is 0.495. The largest absolute Gasteiger partial charge is 0.468 e. The van der Waals surface area contributed by atoms with Crippen LogP contribution in [0.5, 0.6) is 0 Å². The number of nitriles is 1. The highest BCUT2D eigenvalue weighted by Gasteiger charge is 2.43. The van der Waals surface area contributed by atoms with Crippen molar-refractivity contribution in [2.24, 2.45) is 5.92 Å². The lowest BCUT2D eigenvalue weighted by atomic mass is 9.77. The number of hydrogen-bond acceptors (Lipinski definition) is 5. The lowest BCUT2D eigenvalue weighted by molar-refractivity contribution is -0.150. The first-order valence-electron chi connectivity index (χ1n) is 6.28. The first kappa shape index (κ1) is 15.1. The summed E-state index contributed by atoms with van der Waals surface area (Å²) in [6.45, 7) is 1.86. The summed E-state index contributed by atoms with van der Waals surface area (Å²) in [5.74, 6) is -2.97. The first-order valence-corrected chi connectivity index (χ1v) is 6.73. The van der Waals surface area contributed by atoms with Gasteiger partial charge in [-0.3, -0.25) is 9.59 Å². The molecule has 2 rings (SSSR count). The van der Waals surface area contributed by atoms with Crippen LogP contribution in [0.25, 0.3) is 0 Å². The van der Waals surface area contributed by atoms with E-state index in [2.05, 4.69) is 17.9 Å². The average Bonchev–Trinajstić information content (AvgIpc) is 2.46. The van der Waals surface area contributed by atoms with E-state index in [4.69, 9.17) is 4.74 Å². The first-order chi connectivity index (χ1) is 10.0. The van der Waals surface area contributed by atoms with E-state index in [0.717, 1.165) is 11.1 Å². The van der Waals surface area contributed by atoms with E-state index >= 15 is 0 Å². The molecule has 0 radical (unpaired) electrons. The molecule has 0 spiro atoms. The maximum absolute atomic E-state index is 12.2. The van der Waals surface area contributed by atoms with Crippen molar-refractivity contribution in [2.75, 3.05) is 7.11 Å². The number of thiol groups is 1. The van der Waals surface area contributed by atoms with Crippen LogP contribution in [-0.2, 0) is 14.3 Å². The van der Waals surface area contributed by atoms with Crippen molar-refractivity contribution in [3.05, 3.63) is 46.0 Å². The van der Waals surface area contributed by atoms with Crippen LogP contribution in [0.15, 0.2) is 34.9 Å². The normalized spacial score (nSPS) is 21.5. The molecule has 1 amide bonds. The lowest BCUT2D eigenvalue weighted by Crippen LogP contribution is -2.43. The number of ether oxygens (including phenoxy) is 1.